The van der Waals surface area contributed by atoms with Crippen molar-refractivity contribution in [2.75, 3.05) is 13.2 Å². The van der Waals surface area contributed by atoms with E-state index >= 15 is 0 Å². The van der Waals surface area contributed by atoms with Crippen molar-refractivity contribution in [3.05, 3.63) is 70.7 Å². The van der Waals surface area contributed by atoms with E-state index in [2.05, 4.69) is 0 Å². The number of benzene rings is 2. The summed E-state index contributed by atoms with van der Waals surface area (Å²) in [5.74, 6) is -3.16. The fourth-order valence-electron chi connectivity index (χ4n) is 3.08. The standard InChI is InChI=1S/C20H12Cl4N2O7/c1-8-2-3-9(6-10(8)26(31)32)11(27)7-33-12(28)4-5-25-19(29)13-14(20(25)30)16(22)18(24)17(23)15(13)21/h2-3,6H,4-5,7H2,1H3. The number of aryl methyl sites for hydroxylation is 1. The summed E-state index contributed by atoms with van der Waals surface area (Å²) in [5, 5.41) is 10.2. The molecule has 9 nitrogen and oxygen atoms in total. The summed E-state index contributed by atoms with van der Waals surface area (Å²) in [6.07, 6.45) is -0.427. The van der Waals surface area contributed by atoms with Crippen LogP contribution in [0.3, 0.4) is 0 Å². The minimum absolute atomic E-state index is 0.00140. The molecule has 0 saturated carbocycles. The lowest BCUT2D eigenvalue weighted by Gasteiger charge is -2.13. The van der Waals surface area contributed by atoms with Gasteiger partial charge in [0, 0.05) is 23.7 Å². The van der Waals surface area contributed by atoms with E-state index in [4.69, 9.17) is 51.1 Å². The van der Waals surface area contributed by atoms with Gasteiger partial charge in [-0.15, -0.1) is 0 Å². The highest BCUT2D eigenvalue weighted by atomic mass is 35.5. The molecule has 0 N–H and O–H groups in total. The molecule has 0 spiro atoms. The minimum atomic E-state index is -0.880. The number of nitro benzene ring substituents is 1. The highest BCUT2D eigenvalue weighted by Gasteiger charge is 2.41. The first-order chi connectivity index (χ1) is 15.5. The van der Waals surface area contributed by atoms with Crippen molar-refractivity contribution in [3.63, 3.8) is 0 Å². The Morgan fingerprint density at radius 2 is 1.55 bits per heavy atom. The van der Waals surface area contributed by atoms with Crippen molar-refractivity contribution in [2.24, 2.45) is 0 Å². The van der Waals surface area contributed by atoms with Crippen LogP contribution >= 0.6 is 46.4 Å². The van der Waals surface area contributed by atoms with Crippen LogP contribution in [0, 0.1) is 17.0 Å². The van der Waals surface area contributed by atoms with E-state index in [1.54, 1.807) is 0 Å². The van der Waals surface area contributed by atoms with Gasteiger partial charge in [0.15, 0.2) is 6.61 Å². The van der Waals surface area contributed by atoms with Crippen LogP contribution in [0.15, 0.2) is 18.2 Å². The number of Topliss-reactive ketones (excluding diaryl/α,β-unsaturated/α-hetero) is 1. The van der Waals surface area contributed by atoms with Gasteiger partial charge in [-0.25, -0.2) is 0 Å². The molecule has 2 amide bonds. The molecule has 33 heavy (non-hydrogen) atoms. The molecule has 13 heteroatoms. The zero-order valence-electron chi connectivity index (χ0n) is 16.6. The summed E-state index contributed by atoms with van der Waals surface area (Å²) >= 11 is 24.0. The zero-order chi connectivity index (χ0) is 24.6. The third-order valence-corrected chi connectivity index (χ3v) is 6.62. The van der Waals surface area contributed by atoms with E-state index in [1.165, 1.54) is 19.1 Å². The minimum Gasteiger partial charge on any atom is -0.457 e. The number of nitrogens with zero attached hydrogens (tertiary/aromatic N) is 2. The molecule has 172 valence electrons. The van der Waals surface area contributed by atoms with Gasteiger partial charge in [0.2, 0.25) is 5.78 Å². The van der Waals surface area contributed by atoms with Crippen LogP contribution in [0.4, 0.5) is 5.69 Å². The molecule has 0 atom stereocenters. The van der Waals surface area contributed by atoms with E-state index in [-0.39, 0.29) is 49.0 Å². The molecule has 0 aromatic heterocycles. The Balaban J connectivity index is 1.63. The third kappa shape index (κ3) is 4.67. The predicted molar refractivity (Wildman–Crippen MR) is 120 cm³/mol. The first-order valence-corrected chi connectivity index (χ1v) is 10.6. The Morgan fingerprint density at radius 1 is 1.00 bits per heavy atom. The molecule has 0 saturated heterocycles. The van der Waals surface area contributed by atoms with Gasteiger partial charge in [-0.3, -0.25) is 34.2 Å². The van der Waals surface area contributed by atoms with Gasteiger partial charge in [0.05, 0.1) is 42.6 Å². The number of esters is 1. The highest BCUT2D eigenvalue weighted by molar-refractivity contribution is 6.55. The summed E-state index contributed by atoms with van der Waals surface area (Å²) in [7, 11) is 0. The van der Waals surface area contributed by atoms with E-state index < -0.39 is 41.5 Å². The Morgan fingerprint density at radius 3 is 2.06 bits per heavy atom. The number of hydrogen-bond acceptors (Lipinski definition) is 7. The number of ether oxygens (including phenoxy) is 1. The quantitative estimate of drug-likeness (QED) is 0.0939. The molecule has 1 aliphatic heterocycles. The molecule has 2 aromatic carbocycles. The number of carbonyl (C=O) groups is 4. The number of ketones is 1. The number of rotatable bonds is 7. The van der Waals surface area contributed by atoms with Crippen LogP contribution in [-0.2, 0) is 9.53 Å². The van der Waals surface area contributed by atoms with Gasteiger partial charge >= 0.3 is 5.97 Å². The summed E-state index contributed by atoms with van der Waals surface area (Å²) in [6.45, 7) is 0.467. The average Bonchev–Trinajstić information content (AvgIpc) is 3.02. The van der Waals surface area contributed by atoms with Gasteiger partial charge < -0.3 is 4.74 Å². The summed E-state index contributed by atoms with van der Waals surface area (Å²) in [6, 6.07) is 3.87. The van der Waals surface area contributed by atoms with Gasteiger partial charge in [-0.1, -0.05) is 58.5 Å². The van der Waals surface area contributed by atoms with E-state index in [1.807, 2.05) is 0 Å². The van der Waals surface area contributed by atoms with Crippen LogP contribution in [0.2, 0.25) is 20.1 Å². The first-order valence-electron chi connectivity index (χ1n) is 9.11. The van der Waals surface area contributed by atoms with Crippen molar-refractivity contribution in [3.8, 4) is 0 Å². The fraction of sp³-hybridized carbons (Fsp3) is 0.200. The number of hydrogen-bond donors (Lipinski definition) is 0. The van der Waals surface area contributed by atoms with Crippen LogP contribution in [0.25, 0.3) is 0 Å². The molecule has 0 unspecified atom stereocenters. The van der Waals surface area contributed by atoms with Crippen molar-refractivity contribution in [1.29, 1.82) is 0 Å². The van der Waals surface area contributed by atoms with E-state index in [0.717, 1.165) is 11.0 Å². The van der Waals surface area contributed by atoms with Crippen molar-refractivity contribution in [1.82, 2.24) is 4.90 Å². The fourth-order valence-corrected chi connectivity index (χ4v) is 4.10. The maximum atomic E-state index is 12.6. The third-order valence-electron chi connectivity index (χ3n) is 4.82. The van der Waals surface area contributed by atoms with Crippen LogP contribution in [0.5, 0.6) is 0 Å². The number of imide groups is 1. The topological polar surface area (TPSA) is 124 Å². The molecular weight excluding hydrogens is 522 g/mol. The lowest BCUT2D eigenvalue weighted by molar-refractivity contribution is -0.385. The second-order valence-electron chi connectivity index (χ2n) is 6.86. The molecule has 1 aliphatic rings. The van der Waals surface area contributed by atoms with Crippen molar-refractivity contribution in [2.45, 2.75) is 13.3 Å². The lowest BCUT2D eigenvalue weighted by atomic mass is 10.1. The van der Waals surface area contributed by atoms with Crippen LogP contribution in [0.1, 0.15) is 43.1 Å². The Bertz CT molecular complexity index is 1200. The van der Waals surface area contributed by atoms with Crippen LogP contribution in [-0.4, -0.2) is 46.5 Å². The van der Waals surface area contributed by atoms with E-state index in [9.17, 15) is 29.3 Å². The SMILES string of the molecule is Cc1ccc(C(=O)COC(=O)CCN2C(=O)c3c(Cl)c(Cl)c(Cl)c(Cl)c3C2=O)cc1[N+](=O)[O-]. The summed E-state index contributed by atoms with van der Waals surface area (Å²) in [5.41, 5.74) is -0.303. The highest BCUT2D eigenvalue weighted by Crippen LogP contribution is 2.44. The molecule has 0 radical (unpaired) electrons. The zero-order valence-corrected chi connectivity index (χ0v) is 19.6. The Labute approximate surface area is 206 Å². The molecule has 0 bridgehead atoms. The molecule has 2 aromatic rings. The maximum Gasteiger partial charge on any atom is 0.308 e. The van der Waals surface area contributed by atoms with Crippen molar-refractivity contribution < 1.29 is 28.8 Å². The number of nitro groups is 1. The van der Waals surface area contributed by atoms with Gasteiger partial charge in [0.25, 0.3) is 17.5 Å². The Hall–Kier alpha value is -2.72. The summed E-state index contributed by atoms with van der Waals surface area (Å²) in [4.78, 5) is 60.6. The van der Waals surface area contributed by atoms with Gasteiger partial charge in [-0.05, 0) is 6.92 Å². The van der Waals surface area contributed by atoms with Gasteiger partial charge in [0.1, 0.15) is 0 Å². The second kappa shape index (κ2) is 9.64. The molecule has 0 aliphatic carbocycles. The maximum absolute atomic E-state index is 12.6. The largest absolute Gasteiger partial charge is 0.457 e. The monoisotopic (exact) mass is 532 g/mol. The number of halogens is 4. The summed E-state index contributed by atoms with van der Waals surface area (Å²) < 4.78 is 4.88. The lowest BCUT2D eigenvalue weighted by Crippen LogP contribution is -2.32. The van der Waals surface area contributed by atoms with Crippen molar-refractivity contribution >= 4 is 75.7 Å². The first kappa shape index (κ1) is 24.9. The molecular formula is C20H12Cl4N2O7. The molecule has 1 heterocycles. The number of amides is 2. The number of carbonyl (C=O) groups excluding carboxylic acids is 4. The normalized spacial score (nSPS) is 12.7. The van der Waals surface area contributed by atoms with Gasteiger partial charge in [-0.2, -0.15) is 0 Å². The average molecular weight is 534 g/mol. The smallest absolute Gasteiger partial charge is 0.308 e. The molecule has 3 rings (SSSR count). The second-order valence-corrected chi connectivity index (χ2v) is 8.37. The Kier molecular flexibility index (Phi) is 7.28. The number of fused-ring (bicyclic) bond motifs is 1. The molecule has 0 fully saturated rings. The van der Waals surface area contributed by atoms with E-state index in [0.29, 0.717) is 5.56 Å². The predicted octanol–water partition coefficient (Wildman–Crippen LogP) is 4.93. The van der Waals surface area contributed by atoms with Crippen LogP contribution < -0.4 is 0 Å².